The molecule has 1 saturated heterocycles. The summed E-state index contributed by atoms with van der Waals surface area (Å²) in [6, 6.07) is 1.55. The largest absolute Gasteiger partial charge is 0.494 e. The number of ether oxygens (including phenoxy) is 1. The number of hydrogen-bond acceptors (Lipinski definition) is 4. The number of nitrogens with zero attached hydrogens (tertiary/aromatic N) is 2. The smallest absolute Gasteiger partial charge is 0.258 e. The molecule has 0 aliphatic carbocycles. The van der Waals surface area contributed by atoms with Crippen LogP contribution < -0.4 is 4.74 Å². The Kier molecular flexibility index (Phi) is 3.81. The number of carbonyl (C=O) groups is 1. The van der Waals surface area contributed by atoms with Gasteiger partial charge in [0, 0.05) is 12.7 Å². The fourth-order valence-electron chi connectivity index (χ4n) is 2.41. The molecule has 1 aromatic heterocycles. The Morgan fingerprint density at radius 1 is 1.67 bits per heavy atom. The van der Waals surface area contributed by atoms with Crippen LogP contribution in [0.15, 0.2) is 18.5 Å². The number of pyridine rings is 1. The summed E-state index contributed by atoms with van der Waals surface area (Å²) >= 11 is 0. The first kappa shape index (κ1) is 12.8. The third-order valence-corrected chi connectivity index (χ3v) is 3.57. The lowest BCUT2D eigenvalue weighted by atomic mass is 10.0. The average Bonchev–Trinajstić information content (AvgIpc) is 2.78. The fourth-order valence-corrected chi connectivity index (χ4v) is 2.41. The van der Waals surface area contributed by atoms with Crippen LogP contribution in [0.1, 0.15) is 23.7 Å². The van der Waals surface area contributed by atoms with E-state index in [2.05, 4.69) is 11.9 Å². The summed E-state index contributed by atoms with van der Waals surface area (Å²) in [6.45, 7) is 2.73. The molecule has 1 N–H and O–H groups in total. The van der Waals surface area contributed by atoms with E-state index < -0.39 is 0 Å². The molecular formula is C13H18N2O3. The van der Waals surface area contributed by atoms with Crippen molar-refractivity contribution in [1.29, 1.82) is 0 Å². The predicted octanol–water partition coefficient (Wildman–Crippen LogP) is 0.933. The molecule has 5 nitrogen and oxygen atoms in total. The molecule has 1 fully saturated rings. The normalized spacial score (nSPS) is 23.2. The van der Waals surface area contributed by atoms with Crippen molar-refractivity contribution < 1.29 is 14.6 Å². The van der Waals surface area contributed by atoms with E-state index in [9.17, 15) is 9.90 Å². The first-order valence-electron chi connectivity index (χ1n) is 6.09. The highest BCUT2D eigenvalue weighted by Gasteiger charge is 2.35. The maximum atomic E-state index is 12.4. The van der Waals surface area contributed by atoms with Gasteiger partial charge in [-0.2, -0.15) is 0 Å². The first-order valence-corrected chi connectivity index (χ1v) is 6.09. The second-order valence-electron chi connectivity index (χ2n) is 4.59. The minimum absolute atomic E-state index is 0.000303. The van der Waals surface area contributed by atoms with Crippen LogP contribution in [-0.4, -0.2) is 47.2 Å². The zero-order valence-electron chi connectivity index (χ0n) is 10.7. The lowest BCUT2D eigenvalue weighted by Gasteiger charge is -2.25. The summed E-state index contributed by atoms with van der Waals surface area (Å²) in [6.07, 6.45) is 4.02. The molecule has 1 aliphatic heterocycles. The summed E-state index contributed by atoms with van der Waals surface area (Å²) in [7, 11) is 1.52. The average molecular weight is 250 g/mol. The number of rotatable bonds is 3. The lowest BCUT2D eigenvalue weighted by Crippen LogP contribution is -2.40. The molecule has 1 aromatic rings. The number of methoxy groups -OCH3 is 1. The second-order valence-corrected chi connectivity index (χ2v) is 4.59. The molecule has 2 rings (SSSR count). The topological polar surface area (TPSA) is 62.7 Å². The molecule has 98 valence electrons. The number of aromatic nitrogens is 1. The van der Waals surface area contributed by atoms with E-state index in [0.717, 1.165) is 6.42 Å². The Hall–Kier alpha value is -1.62. The van der Waals surface area contributed by atoms with E-state index >= 15 is 0 Å². The van der Waals surface area contributed by atoms with Crippen LogP contribution in [-0.2, 0) is 0 Å². The van der Waals surface area contributed by atoms with Crippen molar-refractivity contribution >= 4 is 5.91 Å². The Labute approximate surface area is 106 Å². The Morgan fingerprint density at radius 3 is 3.11 bits per heavy atom. The molecule has 2 heterocycles. The van der Waals surface area contributed by atoms with Gasteiger partial charge in [-0.05, 0) is 18.4 Å². The maximum absolute atomic E-state index is 12.4. The molecule has 0 radical (unpaired) electrons. The summed E-state index contributed by atoms with van der Waals surface area (Å²) in [5, 5.41) is 9.39. The van der Waals surface area contributed by atoms with Gasteiger partial charge in [-0.15, -0.1) is 0 Å². The van der Waals surface area contributed by atoms with Crippen molar-refractivity contribution in [3.05, 3.63) is 24.0 Å². The molecule has 1 amide bonds. The van der Waals surface area contributed by atoms with Gasteiger partial charge in [0.2, 0.25) is 0 Å². The zero-order chi connectivity index (χ0) is 13.1. The third kappa shape index (κ3) is 2.18. The molecule has 2 unspecified atom stereocenters. The van der Waals surface area contributed by atoms with Gasteiger partial charge < -0.3 is 14.7 Å². The van der Waals surface area contributed by atoms with Crippen LogP contribution in [0.5, 0.6) is 5.75 Å². The number of aliphatic hydroxyl groups excluding tert-OH is 1. The predicted molar refractivity (Wildman–Crippen MR) is 66.5 cm³/mol. The third-order valence-electron chi connectivity index (χ3n) is 3.57. The number of amides is 1. The van der Waals surface area contributed by atoms with E-state index in [0.29, 0.717) is 23.8 Å². The van der Waals surface area contributed by atoms with Gasteiger partial charge >= 0.3 is 0 Å². The van der Waals surface area contributed by atoms with Crippen LogP contribution in [0, 0.1) is 5.92 Å². The van der Waals surface area contributed by atoms with Crippen LogP contribution >= 0.6 is 0 Å². The SMILES string of the molecule is COc1cnccc1C(=O)N1CCC(C)C1CO. The highest BCUT2D eigenvalue weighted by Crippen LogP contribution is 2.27. The summed E-state index contributed by atoms with van der Waals surface area (Å²) in [5.41, 5.74) is 0.500. The minimum Gasteiger partial charge on any atom is -0.494 e. The molecular weight excluding hydrogens is 232 g/mol. The van der Waals surface area contributed by atoms with Crippen molar-refractivity contribution in [2.75, 3.05) is 20.3 Å². The standard InChI is InChI=1S/C13H18N2O3/c1-9-4-6-15(11(9)8-16)13(17)10-3-5-14-7-12(10)18-2/h3,5,7,9,11,16H,4,6,8H2,1-2H3. The molecule has 5 heteroatoms. The van der Waals surface area contributed by atoms with Gasteiger partial charge in [0.25, 0.3) is 5.91 Å². The summed E-state index contributed by atoms with van der Waals surface area (Å²) < 4.78 is 5.15. The Balaban J connectivity index is 2.26. The van der Waals surface area contributed by atoms with E-state index in [1.165, 1.54) is 13.3 Å². The van der Waals surface area contributed by atoms with Gasteiger partial charge in [-0.1, -0.05) is 6.92 Å². The van der Waals surface area contributed by atoms with Crippen LogP contribution in [0.3, 0.4) is 0 Å². The second kappa shape index (κ2) is 5.35. The number of aliphatic hydroxyl groups is 1. The lowest BCUT2D eigenvalue weighted by molar-refractivity contribution is 0.0644. The minimum atomic E-state index is -0.102. The van der Waals surface area contributed by atoms with Crippen molar-refractivity contribution in [2.45, 2.75) is 19.4 Å². The van der Waals surface area contributed by atoms with E-state index in [-0.39, 0.29) is 18.6 Å². The highest BCUT2D eigenvalue weighted by atomic mass is 16.5. The number of likely N-dealkylation sites (tertiary alicyclic amines) is 1. The quantitative estimate of drug-likeness (QED) is 0.867. The van der Waals surface area contributed by atoms with E-state index in [1.807, 2.05) is 0 Å². The Bertz CT molecular complexity index is 436. The van der Waals surface area contributed by atoms with E-state index in [1.54, 1.807) is 17.2 Å². The summed E-state index contributed by atoms with van der Waals surface area (Å²) in [4.78, 5) is 18.1. The van der Waals surface area contributed by atoms with Crippen molar-refractivity contribution in [2.24, 2.45) is 5.92 Å². The molecule has 0 spiro atoms. The molecule has 2 atom stereocenters. The van der Waals surface area contributed by atoms with Gasteiger partial charge in [0.15, 0.2) is 0 Å². The van der Waals surface area contributed by atoms with Crippen molar-refractivity contribution in [3.63, 3.8) is 0 Å². The van der Waals surface area contributed by atoms with Crippen LogP contribution in [0.25, 0.3) is 0 Å². The van der Waals surface area contributed by atoms with Crippen molar-refractivity contribution in [1.82, 2.24) is 9.88 Å². The zero-order valence-corrected chi connectivity index (χ0v) is 10.7. The maximum Gasteiger partial charge on any atom is 0.258 e. The molecule has 0 saturated carbocycles. The molecule has 1 aliphatic rings. The van der Waals surface area contributed by atoms with Gasteiger partial charge in [0.05, 0.1) is 31.5 Å². The number of hydrogen-bond donors (Lipinski definition) is 1. The molecule has 0 aromatic carbocycles. The summed E-state index contributed by atoms with van der Waals surface area (Å²) in [5.74, 6) is 0.697. The van der Waals surface area contributed by atoms with Crippen LogP contribution in [0.2, 0.25) is 0 Å². The van der Waals surface area contributed by atoms with Crippen LogP contribution in [0.4, 0.5) is 0 Å². The highest BCUT2D eigenvalue weighted by molar-refractivity contribution is 5.97. The molecule has 18 heavy (non-hydrogen) atoms. The Morgan fingerprint density at radius 2 is 2.44 bits per heavy atom. The van der Waals surface area contributed by atoms with Gasteiger partial charge in [0.1, 0.15) is 5.75 Å². The first-order chi connectivity index (χ1) is 8.69. The van der Waals surface area contributed by atoms with Gasteiger partial charge in [-0.3, -0.25) is 9.78 Å². The fraction of sp³-hybridized carbons (Fsp3) is 0.538. The van der Waals surface area contributed by atoms with E-state index in [4.69, 9.17) is 4.74 Å². The monoisotopic (exact) mass is 250 g/mol. The number of carbonyl (C=O) groups excluding carboxylic acids is 1. The van der Waals surface area contributed by atoms with Crippen molar-refractivity contribution in [3.8, 4) is 5.75 Å². The van der Waals surface area contributed by atoms with Gasteiger partial charge in [-0.25, -0.2) is 0 Å². The molecule has 0 bridgehead atoms.